The first-order valence-electron chi connectivity index (χ1n) is 19.8. The van der Waals surface area contributed by atoms with Gasteiger partial charge in [-0.05, 0) is 128 Å². The minimum Gasteiger partial charge on any atom is -0.435 e. The van der Waals surface area contributed by atoms with Gasteiger partial charge in [-0.2, -0.15) is 0 Å². The van der Waals surface area contributed by atoms with Crippen molar-refractivity contribution in [2.75, 3.05) is 4.90 Å². The lowest BCUT2D eigenvalue weighted by molar-refractivity contribution is 0.622. The molecule has 0 saturated heterocycles. The molecular formula is C54H33N3O2. The first kappa shape index (κ1) is 33.2. The van der Waals surface area contributed by atoms with Crippen molar-refractivity contribution in [3.63, 3.8) is 0 Å². The topological polar surface area (TPSA) is 55.3 Å². The number of oxazole rings is 2. The summed E-state index contributed by atoms with van der Waals surface area (Å²) in [5.41, 5.74) is 10.6. The molecule has 0 saturated carbocycles. The fourth-order valence-electron chi connectivity index (χ4n) is 8.43. The summed E-state index contributed by atoms with van der Waals surface area (Å²) in [7, 11) is 0. The highest BCUT2D eigenvalue weighted by atomic mass is 16.4. The van der Waals surface area contributed by atoms with Crippen LogP contribution >= 0.6 is 0 Å². The Labute approximate surface area is 339 Å². The standard InChI is InChI=1S/C54H33N3O2/c1-2-10-39-31-40(14-13-34(39)7-1)41-15-16-43-33-46(28-21-42(43)32-41)57(44-24-17-37(18-25-44)53-55-49-29-22-35-8-3-5-11-47(35)51(49)58-53)45-26-19-38(20-27-45)54-56-50-30-23-36-9-4-6-12-48(36)52(50)59-54/h1-33H. The zero-order valence-electron chi connectivity index (χ0n) is 31.7. The molecule has 0 radical (unpaired) electrons. The van der Waals surface area contributed by atoms with Gasteiger partial charge >= 0.3 is 0 Å². The van der Waals surface area contributed by atoms with E-state index in [2.05, 4.69) is 169 Å². The van der Waals surface area contributed by atoms with Crippen LogP contribution in [0.15, 0.2) is 209 Å². The van der Waals surface area contributed by atoms with Crippen LogP contribution in [0.3, 0.4) is 0 Å². The average molecular weight is 756 g/mol. The molecule has 0 N–H and O–H groups in total. The Morgan fingerprint density at radius 3 is 1.25 bits per heavy atom. The molecule has 12 rings (SSSR count). The van der Waals surface area contributed by atoms with Crippen molar-refractivity contribution in [3.8, 4) is 34.0 Å². The Morgan fingerprint density at radius 2 is 0.695 bits per heavy atom. The quantitative estimate of drug-likeness (QED) is 0.169. The van der Waals surface area contributed by atoms with Crippen LogP contribution in [0.2, 0.25) is 0 Å². The van der Waals surface area contributed by atoms with Crippen LogP contribution in [-0.2, 0) is 0 Å². The maximum Gasteiger partial charge on any atom is 0.227 e. The smallest absolute Gasteiger partial charge is 0.227 e. The second kappa shape index (κ2) is 13.3. The average Bonchev–Trinajstić information content (AvgIpc) is 3.95. The molecule has 0 fully saturated rings. The third-order valence-electron chi connectivity index (χ3n) is 11.5. The zero-order valence-corrected chi connectivity index (χ0v) is 31.7. The monoisotopic (exact) mass is 755 g/mol. The largest absolute Gasteiger partial charge is 0.435 e. The van der Waals surface area contributed by atoms with Gasteiger partial charge in [-0.15, -0.1) is 0 Å². The molecule has 0 aliphatic carbocycles. The van der Waals surface area contributed by atoms with E-state index in [1.807, 2.05) is 36.4 Å². The van der Waals surface area contributed by atoms with E-state index in [0.29, 0.717) is 11.8 Å². The summed E-state index contributed by atoms with van der Waals surface area (Å²) in [6, 6.07) is 70.2. The van der Waals surface area contributed by atoms with E-state index < -0.39 is 0 Å². The molecule has 2 aromatic heterocycles. The molecule has 0 aliphatic heterocycles. The lowest BCUT2D eigenvalue weighted by Crippen LogP contribution is -2.09. The van der Waals surface area contributed by atoms with Gasteiger partial charge < -0.3 is 13.7 Å². The lowest BCUT2D eigenvalue weighted by atomic mass is 9.98. The highest BCUT2D eigenvalue weighted by Crippen LogP contribution is 2.40. The van der Waals surface area contributed by atoms with E-state index in [0.717, 1.165) is 77.3 Å². The Bertz CT molecular complexity index is 3410. The van der Waals surface area contributed by atoms with Gasteiger partial charge in [0.25, 0.3) is 0 Å². The fourth-order valence-corrected chi connectivity index (χ4v) is 8.43. The Kier molecular flexibility index (Phi) is 7.47. The molecule has 10 aromatic carbocycles. The highest BCUT2D eigenvalue weighted by molar-refractivity contribution is 6.04. The molecule has 5 heteroatoms. The second-order valence-electron chi connectivity index (χ2n) is 15.0. The van der Waals surface area contributed by atoms with Crippen LogP contribution < -0.4 is 4.90 Å². The van der Waals surface area contributed by atoms with Crippen molar-refractivity contribution in [2.45, 2.75) is 0 Å². The van der Waals surface area contributed by atoms with Gasteiger partial charge in [-0.25, -0.2) is 9.97 Å². The van der Waals surface area contributed by atoms with Gasteiger partial charge in [0.1, 0.15) is 11.0 Å². The van der Waals surface area contributed by atoms with Gasteiger partial charge in [-0.3, -0.25) is 0 Å². The van der Waals surface area contributed by atoms with Crippen LogP contribution in [-0.4, -0.2) is 9.97 Å². The zero-order chi connectivity index (χ0) is 38.9. The van der Waals surface area contributed by atoms with E-state index in [1.54, 1.807) is 0 Å². The van der Waals surface area contributed by atoms with Crippen molar-refractivity contribution in [3.05, 3.63) is 200 Å². The minimum absolute atomic E-state index is 0.595. The van der Waals surface area contributed by atoms with Crippen molar-refractivity contribution in [1.82, 2.24) is 9.97 Å². The number of nitrogens with zero attached hydrogens (tertiary/aromatic N) is 3. The van der Waals surface area contributed by atoms with E-state index >= 15 is 0 Å². The second-order valence-corrected chi connectivity index (χ2v) is 15.0. The molecule has 0 atom stereocenters. The Balaban J connectivity index is 0.932. The number of hydrogen-bond donors (Lipinski definition) is 0. The summed E-state index contributed by atoms with van der Waals surface area (Å²) in [5.74, 6) is 1.19. The van der Waals surface area contributed by atoms with Crippen LogP contribution in [0, 0.1) is 0 Å². The first-order chi connectivity index (χ1) is 29.2. The summed E-state index contributed by atoms with van der Waals surface area (Å²) in [5, 5.41) is 9.19. The summed E-state index contributed by atoms with van der Waals surface area (Å²) >= 11 is 0. The third kappa shape index (κ3) is 5.71. The number of aromatic nitrogens is 2. The van der Waals surface area contributed by atoms with Gasteiger partial charge in [0, 0.05) is 39.0 Å². The molecule has 12 aromatic rings. The van der Waals surface area contributed by atoms with Crippen LogP contribution in [0.1, 0.15) is 0 Å². The summed E-state index contributed by atoms with van der Waals surface area (Å²) in [4.78, 5) is 12.0. The molecular weight excluding hydrogens is 723 g/mol. The van der Waals surface area contributed by atoms with Gasteiger partial charge in [0.05, 0.1) is 0 Å². The molecule has 0 aliphatic rings. The number of hydrogen-bond acceptors (Lipinski definition) is 5. The molecule has 5 nitrogen and oxygen atoms in total. The van der Waals surface area contributed by atoms with Gasteiger partial charge in [0.15, 0.2) is 11.2 Å². The number of anilines is 3. The van der Waals surface area contributed by atoms with E-state index in [-0.39, 0.29) is 0 Å². The van der Waals surface area contributed by atoms with Crippen molar-refractivity contribution < 1.29 is 8.83 Å². The molecule has 0 spiro atoms. The molecule has 0 bridgehead atoms. The van der Waals surface area contributed by atoms with Crippen LogP contribution in [0.25, 0.3) is 99.3 Å². The maximum absolute atomic E-state index is 6.41. The van der Waals surface area contributed by atoms with Crippen LogP contribution in [0.5, 0.6) is 0 Å². The van der Waals surface area contributed by atoms with Gasteiger partial charge in [-0.1, -0.05) is 115 Å². The number of fused-ring (bicyclic) bond motifs is 8. The normalized spacial score (nSPS) is 11.7. The summed E-state index contributed by atoms with van der Waals surface area (Å²) in [6.45, 7) is 0. The minimum atomic E-state index is 0.595. The third-order valence-corrected chi connectivity index (χ3v) is 11.5. The van der Waals surface area contributed by atoms with Crippen molar-refractivity contribution >= 4 is 82.4 Å². The van der Waals surface area contributed by atoms with Crippen molar-refractivity contribution in [2.24, 2.45) is 0 Å². The maximum atomic E-state index is 6.41. The van der Waals surface area contributed by atoms with Crippen molar-refractivity contribution in [1.29, 1.82) is 0 Å². The fraction of sp³-hybridized carbons (Fsp3) is 0. The SMILES string of the molecule is c1ccc2cc(-c3ccc4cc(N(c5ccc(-c6nc7ccc8ccccc8c7o6)cc5)c5ccc(-c6nc7ccc8ccccc8c7o6)cc5)ccc4c3)ccc2c1. The molecule has 0 amide bonds. The highest BCUT2D eigenvalue weighted by Gasteiger charge is 2.18. The van der Waals surface area contributed by atoms with E-state index in [4.69, 9.17) is 18.8 Å². The molecule has 276 valence electrons. The molecule has 0 unspecified atom stereocenters. The Hall–Kier alpha value is -8.02. The lowest BCUT2D eigenvalue weighted by Gasteiger charge is -2.26. The molecule has 2 heterocycles. The van der Waals surface area contributed by atoms with Crippen LogP contribution in [0.4, 0.5) is 17.1 Å². The van der Waals surface area contributed by atoms with Gasteiger partial charge in [0.2, 0.25) is 11.8 Å². The molecule has 59 heavy (non-hydrogen) atoms. The first-order valence-corrected chi connectivity index (χ1v) is 19.8. The summed E-state index contributed by atoms with van der Waals surface area (Å²) < 4.78 is 12.8. The number of benzene rings is 10. The van der Waals surface area contributed by atoms with E-state index in [1.165, 1.54) is 27.3 Å². The summed E-state index contributed by atoms with van der Waals surface area (Å²) in [6.07, 6.45) is 0. The number of rotatable bonds is 6. The Morgan fingerprint density at radius 1 is 0.305 bits per heavy atom. The van der Waals surface area contributed by atoms with E-state index in [9.17, 15) is 0 Å². The predicted molar refractivity (Wildman–Crippen MR) is 243 cm³/mol. The predicted octanol–water partition coefficient (Wildman–Crippen LogP) is 15.1.